The van der Waals surface area contributed by atoms with Crippen molar-refractivity contribution in [2.24, 2.45) is 0 Å². The van der Waals surface area contributed by atoms with Gasteiger partial charge in [0.15, 0.2) is 5.16 Å². The molecule has 4 rings (SSSR count). The molecule has 2 heterocycles. The molecular formula is C21H23N3O3S2. The maximum atomic E-state index is 13.2. The Labute approximate surface area is 177 Å². The van der Waals surface area contributed by atoms with Crippen LogP contribution in [-0.2, 0) is 28.9 Å². The lowest BCUT2D eigenvalue weighted by Gasteiger charge is -2.12. The van der Waals surface area contributed by atoms with Crippen LogP contribution in [0.3, 0.4) is 0 Å². The topological polar surface area (TPSA) is 73.2 Å². The standard InChI is InChI=1S/C21H23N3O3S2/c1-13-6-3-4-8-15(13)22-17(25)12-28-21-23-19-18(14-7-5-9-16(14)29-19)20(26)24(21)10-11-27-2/h3-4,6,8H,5,7,9-12H2,1-2H3,(H,22,25). The molecule has 1 aliphatic carbocycles. The highest BCUT2D eigenvalue weighted by Crippen LogP contribution is 2.35. The Morgan fingerprint density at radius 1 is 1.34 bits per heavy atom. The van der Waals surface area contributed by atoms with Crippen LogP contribution in [0.1, 0.15) is 22.4 Å². The Morgan fingerprint density at radius 2 is 2.17 bits per heavy atom. The lowest BCUT2D eigenvalue weighted by Crippen LogP contribution is -2.26. The van der Waals surface area contributed by atoms with E-state index in [1.165, 1.54) is 22.2 Å². The number of methoxy groups -OCH3 is 1. The largest absolute Gasteiger partial charge is 0.383 e. The summed E-state index contributed by atoms with van der Waals surface area (Å²) in [7, 11) is 1.61. The number of amides is 1. The van der Waals surface area contributed by atoms with Crippen LogP contribution in [0.4, 0.5) is 5.69 Å². The van der Waals surface area contributed by atoms with Crippen molar-refractivity contribution in [3.63, 3.8) is 0 Å². The van der Waals surface area contributed by atoms with E-state index in [0.717, 1.165) is 40.7 Å². The minimum absolute atomic E-state index is 0.0201. The first kappa shape index (κ1) is 20.1. The van der Waals surface area contributed by atoms with Crippen molar-refractivity contribution in [1.29, 1.82) is 0 Å². The number of hydrogen-bond acceptors (Lipinski definition) is 6. The van der Waals surface area contributed by atoms with Gasteiger partial charge in [-0.05, 0) is 43.4 Å². The van der Waals surface area contributed by atoms with E-state index >= 15 is 0 Å². The number of hydrogen-bond donors (Lipinski definition) is 1. The predicted octanol–water partition coefficient (Wildman–Crippen LogP) is 3.63. The van der Waals surface area contributed by atoms with Crippen molar-refractivity contribution < 1.29 is 9.53 Å². The summed E-state index contributed by atoms with van der Waals surface area (Å²) in [5.41, 5.74) is 2.96. The molecule has 2 aromatic heterocycles. The number of benzene rings is 1. The smallest absolute Gasteiger partial charge is 0.263 e. The summed E-state index contributed by atoms with van der Waals surface area (Å²) in [5, 5.41) is 4.26. The Morgan fingerprint density at radius 3 is 2.97 bits per heavy atom. The molecule has 0 saturated heterocycles. The normalized spacial score (nSPS) is 13.0. The third-order valence-corrected chi connectivity index (χ3v) is 7.22. The quantitative estimate of drug-likeness (QED) is 0.459. The summed E-state index contributed by atoms with van der Waals surface area (Å²) >= 11 is 2.91. The van der Waals surface area contributed by atoms with Gasteiger partial charge in [-0.2, -0.15) is 0 Å². The number of anilines is 1. The average molecular weight is 430 g/mol. The fourth-order valence-corrected chi connectivity index (χ4v) is 5.71. The number of nitrogens with one attached hydrogen (secondary N) is 1. The lowest BCUT2D eigenvalue weighted by molar-refractivity contribution is -0.113. The molecule has 3 aromatic rings. The molecule has 0 saturated carbocycles. The summed E-state index contributed by atoms with van der Waals surface area (Å²) in [4.78, 5) is 32.5. The van der Waals surface area contributed by atoms with Crippen molar-refractivity contribution in [2.75, 3.05) is 24.8 Å². The van der Waals surface area contributed by atoms with Crippen LogP contribution in [0, 0.1) is 6.92 Å². The first-order valence-electron chi connectivity index (χ1n) is 9.60. The number of fused-ring (bicyclic) bond motifs is 3. The van der Waals surface area contributed by atoms with Crippen LogP contribution in [0.15, 0.2) is 34.2 Å². The highest BCUT2D eigenvalue weighted by molar-refractivity contribution is 7.99. The van der Waals surface area contributed by atoms with Gasteiger partial charge in [-0.1, -0.05) is 30.0 Å². The van der Waals surface area contributed by atoms with Crippen LogP contribution in [0.25, 0.3) is 10.2 Å². The van der Waals surface area contributed by atoms with Crippen molar-refractivity contribution in [2.45, 2.75) is 37.9 Å². The second-order valence-electron chi connectivity index (χ2n) is 7.03. The van der Waals surface area contributed by atoms with E-state index in [1.807, 2.05) is 31.2 Å². The van der Waals surface area contributed by atoms with Gasteiger partial charge in [0.05, 0.1) is 24.3 Å². The van der Waals surface area contributed by atoms with Crippen molar-refractivity contribution in [3.8, 4) is 0 Å². The maximum absolute atomic E-state index is 13.2. The van der Waals surface area contributed by atoms with Gasteiger partial charge in [-0.15, -0.1) is 11.3 Å². The van der Waals surface area contributed by atoms with Crippen molar-refractivity contribution in [1.82, 2.24) is 9.55 Å². The van der Waals surface area contributed by atoms with Crippen LogP contribution in [0.5, 0.6) is 0 Å². The van der Waals surface area contributed by atoms with Gasteiger partial charge in [0.1, 0.15) is 4.83 Å². The molecule has 1 aromatic carbocycles. The molecule has 8 heteroatoms. The third-order valence-electron chi connectivity index (χ3n) is 5.06. The Balaban J connectivity index is 1.59. The van der Waals surface area contributed by atoms with Gasteiger partial charge in [-0.25, -0.2) is 4.98 Å². The molecule has 0 radical (unpaired) electrons. The van der Waals surface area contributed by atoms with E-state index in [1.54, 1.807) is 23.0 Å². The molecule has 152 valence electrons. The third kappa shape index (κ3) is 4.10. The molecule has 0 aliphatic heterocycles. The number of aryl methyl sites for hydroxylation is 3. The number of carbonyl (C=O) groups excluding carboxylic acids is 1. The first-order chi connectivity index (χ1) is 14.1. The molecule has 0 spiro atoms. The Bertz CT molecular complexity index is 1120. The lowest BCUT2D eigenvalue weighted by atomic mass is 10.2. The van der Waals surface area contributed by atoms with Crippen LogP contribution in [0.2, 0.25) is 0 Å². The summed E-state index contributed by atoms with van der Waals surface area (Å²) < 4.78 is 6.84. The highest BCUT2D eigenvalue weighted by Gasteiger charge is 2.23. The molecule has 0 atom stereocenters. The van der Waals surface area contributed by atoms with Gasteiger partial charge in [0.25, 0.3) is 5.56 Å². The molecule has 6 nitrogen and oxygen atoms in total. The number of nitrogens with zero attached hydrogens (tertiary/aromatic N) is 2. The Hall–Kier alpha value is -2.16. The summed E-state index contributed by atoms with van der Waals surface area (Å²) in [6.45, 7) is 2.80. The monoisotopic (exact) mass is 429 g/mol. The van der Waals surface area contributed by atoms with Gasteiger partial charge >= 0.3 is 0 Å². The van der Waals surface area contributed by atoms with E-state index in [9.17, 15) is 9.59 Å². The zero-order chi connectivity index (χ0) is 20.4. The van der Waals surface area contributed by atoms with Gasteiger partial charge in [0, 0.05) is 17.7 Å². The van der Waals surface area contributed by atoms with E-state index in [4.69, 9.17) is 9.72 Å². The summed E-state index contributed by atoms with van der Waals surface area (Å²) in [6, 6.07) is 7.66. The number of aromatic nitrogens is 2. The van der Waals surface area contributed by atoms with Crippen LogP contribution < -0.4 is 10.9 Å². The highest BCUT2D eigenvalue weighted by atomic mass is 32.2. The summed E-state index contributed by atoms with van der Waals surface area (Å²) in [5.74, 6) is 0.0651. The average Bonchev–Trinajstić information content (AvgIpc) is 3.28. The first-order valence-corrected chi connectivity index (χ1v) is 11.4. The SMILES string of the molecule is COCCn1c(SCC(=O)Nc2ccccc2C)nc2sc3c(c2c1=O)CCC3. The fraction of sp³-hybridized carbons (Fsp3) is 0.381. The molecule has 0 bridgehead atoms. The zero-order valence-electron chi connectivity index (χ0n) is 16.5. The number of thiophene rings is 1. The molecule has 1 amide bonds. The van der Waals surface area contributed by atoms with E-state index in [-0.39, 0.29) is 17.2 Å². The second-order valence-corrected chi connectivity index (χ2v) is 9.06. The van der Waals surface area contributed by atoms with Crippen LogP contribution in [-0.4, -0.2) is 34.9 Å². The number of carbonyl (C=O) groups is 1. The molecule has 29 heavy (non-hydrogen) atoms. The second kappa shape index (κ2) is 8.69. The molecule has 0 unspecified atom stereocenters. The fourth-order valence-electron chi connectivity index (χ4n) is 3.58. The van der Waals surface area contributed by atoms with E-state index in [0.29, 0.717) is 18.3 Å². The van der Waals surface area contributed by atoms with Gasteiger partial charge < -0.3 is 10.1 Å². The zero-order valence-corrected chi connectivity index (χ0v) is 18.1. The maximum Gasteiger partial charge on any atom is 0.263 e. The van der Waals surface area contributed by atoms with Crippen molar-refractivity contribution >= 4 is 44.9 Å². The predicted molar refractivity (Wildman–Crippen MR) is 118 cm³/mol. The molecule has 0 fully saturated rings. The molecular weight excluding hydrogens is 406 g/mol. The van der Waals surface area contributed by atoms with Crippen molar-refractivity contribution in [3.05, 3.63) is 50.6 Å². The molecule has 1 aliphatic rings. The van der Waals surface area contributed by atoms with E-state index < -0.39 is 0 Å². The van der Waals surface area contributed by atoms with Crippen LogP contribution >= 0.6 is 23.1 Å². The number of thioether (sulfide) groups is 1. The number of rotatable bonds is 7. The minimum atomic E-state index is -0.120. The molecule has 1 N–H and O–H groups in total. The van der Waals surface area contributed by atoms with E-state index in [2.05, 4.69) is 5.32 Å². The number of ether oxygens (including phenoxy) is 1. The van der Waals surface area contributed by atoms with Gasteiger partial charge in [0.2, 0.25) is 5.91 Å². The Kier molecular flexibility index (Phi) is 6.03. The minimum Gasteiger partial charge on any atom is -0.383 e. The van der Waals surface area contributed by atoms with Gasteiger partial charge in [-0.3, -0.25) is 14.2 Å². The number of para-hydroxylation sites is 1. The summed E-state index contributed by atoms with van der Waals surface area (Å²) in [6.07, 6.45) is 3.07.